The SMILES string of the molecule is Cc1cccc(N2C(=O)N(C(C)C)C(C)(C)CC2(C)O)c1. The number of amides is 2. The Morgan fingerprint density at radius 2 is 1.86 bits per heavy atom. The summed E-state index contributed by atoms with van der Waals surface area (Å²) in [5.41, 5.74) is 0.234. The van der Waals surface area contributed by atoms with Crippen molar-refractivity contribution < 1.29 is 9.90 Å². The molecule has 116 valence electrons. The highest BCUT2D eigenvalue weighted by atomic mass is 16.3. The summed E-state index contributed by atoms with van der Waals surface area (Å²) in [5, 5.41) is 10.9. The fraction of sp³-hybridized carbons (Fsp3) is 0.588. The molecule has 1 saturated heterocycles. The van der Waals surface area contributed by atoms with Gasteiger partial charge in [-0.15, -0.1) is 0 Å². The normalized spacial score (nSPS) is 25.6. The highest BCUT2D eigenvalue weighted by Crippen LogP contribution is 2.39. The number of urea groups is 1. The average Bonchev–Trinajstić information content (AvgIpc) is 2.24. The van der Waals surface area contributed by atoms with E-state index in [1.54, 1.807) is 6.92 Å². The first-order chi connectivity index (χ1) is 9.56. The number of benzene rings is 1. The number of rotatable bonds is 2. The molecule has 0 spiro atoms. The Balaban J connectivity index is 2.51. The molecule has 1 aliphatic heterocycles. The van der Waals surface area contributed by atoms with Crippen LogP contribution in [0.25, 0.3) is 0 Å². The summed E-state index contributed by atoms with van der Waals surface area (Å²) in [5.74, 6) is 0. The fourth-order valence-electron chi connectivity index (χ4n) is 3.63. The van der Waals surface area contributed by atoms with Crippen LogP contribution < -0.4 is 4.90 Å². The lowest BCUT2D eigenvalue weighted by molar-refractivity contribution is -0.0335. The third kappa shape index (κ3) is 2.77. The molecule has 0 aliphatic carbocycles. The lowest BCUT2D eigenvalue weighted by Gasteiger charge is -2.55. The topological polar surface area (TPSA) is 43.8 Å². The second-order valence-corrected chi connectivity index (χ2v) is 7.13. The first kappa shape index (κ1) is 15.8. The second kappa shape index (κ2) is 5.02. The van der Waals surface area contributed by atoms with Gasteiger partial charge in [0.2, 0.25) is 0 Å². The van der Waals surface area contributed by atoms with Crippen LogP contribution in [0.15, 0.2) is 24.3 Å². The van der Waals surface area contributed by atoms with E-state index in [4.69, 9.17) is 0 Å². The Bertz CT molecular complexity index is 549. The number of nitrogens with zero attached hydrogens (tertiary/aromatic N) is 2. The van der Waals surface area contributed by atoms with Gasteiger partial charge in [-0.25, -0.2) is 4.79 Å². The number of anilines is 1. The molecule has 1 aromatic rings. The maximum atomic E-state index is 13.0. The van der Waals surface area contributed by atoms with Crippen LogP contribution >= 0.6 is 0 Å². The maximum Gasteiger partial charge on any atom is 0.327 e. The van der Waals surface area contributed by atoms with Crippen molar-refractivity contribution in [1.29, 1.82) is 0 Å². The quantitative estimate of drug-likeness (QED) is 0.905. The predicted molar refractivity (Wildman–Crippen MR) is 85.3 cm³/mol. The van der Waals surface area contributed by atoms with E-state index in [9.17, 15) is 9.90 Å². The minimum Gasteiger partial charge on any atom is -0.371 e. The van der Waals surface area contributed by atoms with Crippen molar-refractivity contribution in [2.24, 2.45) is 0 Å². The van der Waals surface area contributed by atoms with E-state index >= 15 is 0 Å². The number of aliphatic hydroxyl groups is 1. The molecule has 1 aliphatic rings. The highest BCUT2D eigenvalue weighted by molar-refractivity contribution is 5.95. The zero-order valence-electron chi connectivity index (χ0n) is 13.8. The Morgan fingerprint density at radius 3 is 2.38 bits per heavy atom. The van der Waals surface area contributed by atoms with Crippen LogP contribution in [0.1, 0.15) is 46.6 Å². The summed E-state index contributed by atoms with van der Waals surface area (Å²) >= 11 is 0. The van der Waals surface area contributed by atoms with Crippen LogP contribution in [-0.2, 0) is 0 Å². The third-order valence-electron chi connectivity index (χ3n) is 4.07. The van der Waals surface area contributed by atoms with Crippen molar-refractivity contribution in [3.63, 3.8) is 0 Å². The standard InChI is InChI=1S/C17H26N2O2/c1-12(2)18-15(20)19(14-9-7-8-13(3)10-14)17(6,21)11-16(18,4)5/h7-10,12,21H,11H2,1-6H3. The van der Waals surface area contributed by atoms with Gasteiger partial charge in [-0.1, -0.05) is 12.1 Å². The molecular weight excluding hydrogens is 264 g/mol. The molecule has 0 radical (unpaired) electrons. The minimum atomic E-state index is -1.19. The molecule has 2 amide bonds. The Kier molecular flexibility index (Phi) is 3.79. The average molecular weight is 290 g/mol. The van der Waals surface area contributed by atoms with Gasteiger partial charge in [0, 0.05) is 23.7 Å². The Morgan fingerprint density at radius 1 is 1.24 bits per heavy atom. The molecule has 4 heteroatoms. The summed E-state index contributed by atoms with van der Waals surface area (Å²) in [4.78, 5) is 16.4. The molecule has 1 N–H and O–H groups in total. The van der Waals surface area contributed by atoms with Crippen LogP contribution in [0.4, 0.5) is 10.5 Å². The molecule has 2 rings (SSSR count). The van der Waals surface area contributed by atoms with Crippen molar-refractivity contribution in [2.45, 2.75) is 65.3 Å². The number of hydrogen-bond donors (Lipinski definition) is 1. The number of carbonyl (C=O) groups is 1. The highest BCUT2D eigenvalue weighted by Gasteiger charge is 2.51. The van der Waals surface area contributed by atoms with E-state index in [2.05, 4.69) is 0 Å². The maximum absolute atomic E-state index is 13.0. The molecule has 0 aromatic heterocycles. The zero-order valence-corrected chi connectivity index (χ0v) is 13.8. The molecule has 1 atom stereocenters. The number of hydrogen-bond acceptors (Lipinski definition) is 2. The van der Waals surface area contributed by atoms with E-state index < -0.39 is 5.72 Å². The summed E-state index contributed by atoms with van der Waals surface area (Å²) in [6, 6.07) is 7.64. The van der Waals surface area contributed by atoms with E-state index in [-0.39, 0.29) is 17.6 Å². The molecule has 1 unspecified atom stereocenters. The van der Waals surface area contributed by atoms with Crippen LogP contribution in [-0.4, -0.2) is 33.3 Å². The van der Waals surface area contributed by atoms with Crippen molar-refractivity contribution >= 4 is 11.7 Å². The van der Waals surface area contributed by atoms with E-state index in [0.29, 0.717) is 6.42 Å². The van der Waals surface area contributed by atoms with Gasteiger partial charge in [-0.3, -0.25) is 4.90 Å². The predicted octanol–water partition coefficient (Wildman–Crippen LogP) is 3.52. The first-order valence-electron chi connectivity index (χ1n) is 7.49. The minimum absolute atomic E-state index is 0.0795. The lowest BCUT2D eigenvalue weighted by Crippen LogP contribution is -2.69. The molecule has 0 saturated carbocycles. The van der Waals surface area contributed by atoms with Gasteiger partial charge in [-0.05, 0) is 59.2 Å². The van der Waals surface area contributed by atoms with E-state index in [1.165, 1.54) is 4.90 Å². The van der Waals surface area contributed by atoms with Gasteiger partial charge < -0.3 is 10.0 Å². The summed E-state index contributed by atoms with van der Waals surface area (Å²) in [6.45, 7) is 11.7. The van der Waals surface area contributed by atoms with Crippen molar-refractivity contribution in [3.05, 3.63) is 29.8 Å². The third-order valence-corrected chi connectivity index (χ3v) is 4.07. The molecular formula is C17H26N2O2. The largest absolute Gasteiger partial charge is 0.371 e. The molecule has 4 nitrogen and oxygen atoms in total. The fourth-order valence-corrected chi connectivity index (χ4v) is 3.63. The zero-order chi connectivity index (χ0) is 16.0. The first-order valence-corrected chi connectivity index (χ1v) is 7.49. The summed E-state index contributed by atoms with van der Waals surface area (Å²) < 4.78 is 0. The molecule has 1 fully saturated rings. The van der Waals surface area contributed by atoms with Crippen LogP contribution in [0, 0.1) is 6.92 Å². The van der Waals surface area contributed by atoms with E-state index in [0.717, 1.165) is 11.3 Å². The molecule has 21 heavy (non-hydrogen) atoms. The van der Waals surface area contributed by atoms with Crippen molar-refractivity contribution in [3.8, 4) is 0 Å². The number of carbonyl (C=O) groups excluding carboxylic acids is 1. The smallest absolute Gasteiger partial charge is 0.327 e. The van der Waals surface area contributed by atoms with Crippen molar-refractivity contribution in [2.75, 3.05) is 4.90 Å². The van der Waals surface area contributed by atoms with Gasteiger partial charge in [-0.2, -0.15) is 0 Å². The summed E-state index contributed by atoms with van der Waals surface area (Å²) in [6.07, 6.45) is 0.498. The molecule has 0 bridgehead atoms. The van der Waals surface area contributed by atoms with Gasteiger partial charge in [0.25, 0.3) is 0 Å². The molecule has 1 aromatic carbocycles. The Hall–Kier alpha value is -1.55. The Labute approximate surface area is 127 Å². The van der Waals surface area contributed by atoms with Gasteiger partial charge in [0.1, 0.15) is 5.72 Å². The second-order valence-electron chi connectivity index (χ2n) is 7.13. The van der Waals surface area contributed by atoms with Gasteiger partial charge >= 0.3 is 6.03 Å². The molecule has 1 heterocycles. The van der Waals surface area contributed by atoms with Gasteiger partial charge in [0.15, 0.2) is 0 Å². The van der Waals surface area contributed by atoms with Crippen LogP contribution in [0.2, 0.25) is 0 Å². The lowest BCUT2D eigenvalue weighted by atomic mass is 9.86. The van der Waals surface area contributed by atoms with Crippen LogP contribution in [0.3, 0.4) is 0 Å². The number of aryl methyl sites for hydroxylation is 1. The summed E-state index contributed by atoms with van der Waals surface area (Å²) in [7, 11) is 0. The van der Waals surface area contributed by atoms with Crippen LogP contribution in [0.5, 0.6) is 0 Å². The van der Waals surface area contributed by atoms with Gasteiger partial charge in [0.05, 0.1) is 0 Å². The van der Waals surface area contributed by atoms with Crippen molar-refractivity contribution in [1.82, 2.24) is 4.90 Å². The van der Waals surface area contributed by atoms with E-state index in [1.807, 2.05) is 63.8 Å². The monoisotopic (exact) mass is 290 g/mol.